The number of carbonyl (C=O) groups is 1. The summed E-state index contributed by atoms with van der Waals surface area (Å²) in [6.45, 7) is 0. The molecule has 0 aliphatic rings. The van der Waals surface area contributed by atoms with E-state index in [1.54, 1.807) is 24.3 Å². The Bertz CT molecular complexity index is 508. The molecule has 6 heteroatoms. The first kappa shape index (κ1) is 11.0. The first-order valence-electron chi connectivity index (χ1n) is 4.32. The van der Waals surface area contributed by atoms with Gasteiger partial charge in [-0.05, 0) is 23.2 Å². The van der Waals surface area contributed by atoms with E-state index in [4.69, 9.17) is 23.2 Å². The SMILES string of the molecule is O=Cc1ccc(-c2nc(Cl)nc(Cl)n2)cc1. The van der Waals surface area contributed by atoms with E-state index in [-0.39, 0.29) is 10.6 Å². The van der Waals surface area contributed by atoms with Crippen molar-refractivity contribution in [2.24, 2.45) is 0 Å². The highest BCUT2D eigenvalue weighted by Crippen LogP contribution is 2.18. The fourth-order valence-corrected chi connectivity index (χ4v) is 1.53. The lowest BCUT2D eigenvalue weighted by Crippen LogP contribution is -1.93. The van der Waals surface area contributed by atoms with Gasteiger partial charge in [0.2, 0.25) is 10.6 Å². The maximum absolute atomic E-state index is 10.5. The molecule has 1 aromatic heterocycles. The molecule has 0 amide bonds. The molecule has 1 heterocycles. The third-order valence-electron chi connectivity index (χ3n) is 1.89. The van der Waals surface area contributed by atoms with Crippen LogP contribution < -0.4 is 0 Å². The molecule has 0 radical (unpaired) electrons. The van der Waals surface area contributed by atoms with Gasteiger partial charge in [0, 0.05) is 11.1 Å². The van der Waals surface area contributed by atoms with Crippen LogP contribution in [0.25, 0.3) is 11.4 Å². The summed E-state index contributed by atoms with van der Waals surface area (Å²) in [5.41, 5.74) is 1.30. The van der Waals surface area contributed by atoms with Crippen molar-refractivity contribution in [2.45, 2.75) is 0 Å². The molecule has 2 rings (SSSR count). The number of hydrogen-bond donors (Lipinski definition) is 0. The Morgan fingerprint density at radius 1 is 0.938 bits per heavy atom. The average Bonchev–Trinajstić information content (AvgIpc) is 2.28. The minimum Gasteiger partial charge on any atom is -0.298 e. The summed E-state index contributed by atoms with van der Waals surface area (Å²) in [6, 6.07) is 6.75. The van der Waals surface area contributed by atoms with Crippen molar-refractivity contribution >= 4 is 29.5 Å². The molecule has 0 fully saturated rings. The van der Waals surface area contributed by atoms with E-state index in [0.29, 0.717) is 11.4 Å². The number of carbonyl (C=O) groups excluding carboxylic acids is 1. The van der Waals surface area contributed by atoms with E-state index in [1.807, 2.05) is 0 Å². The van der Waals surface area contributed by atoms with E-state index in [9.17, 15) is 4.79 Å². The molecule has 0 saturated carbocycles. The molecular weight excluding hydrogens is 249 g/mol. The van der Waals surface area contributed by atoms with Gasteiger partial charge in [0.25, 0.3) is 0 Å². The maximum atomic E-state index is 10.5. The van der Waals surface area contributed by atoms with Gasteiger partial charge in [0.15, 0.2) is 5.82 Å². The van der Waals surface area contributed by atoms with Crippen molar-refractivity contribution < 1.29 is 4.79 Å². The molecule has 1 aromatic carbocycles. The minimum atomic E-state index is 0.0365. The van der Waals surface area contributed by atoms with Crippen LogP contribution in [0.1, 0.15) is 10.4 Å². The molecule has 0 bridgehead atoms. The first-order valence-corrected chi connectivity index (χ1v) is 5.07. The summed E-state index contributed by atoms with van der Waals surface area (Å²) in [6.07, 6.45) is 0.761. The maximum Gasteiger partial charge on any atom is 0.227 e. The molecule has 0 spiro atoms. The summed E-state index contributed by atoms with van der Waals surface area (Å²) in [5, 5.41) is 0.0731. The van der Waals surface area contributed by atoms with Gasteiger partial charge in [-0.2, -0.15) is 15.0 Å². The highest BCUT2D eigenvalue weighted by Gasteiger charge is 2.05. The Balaban J connectivity index is 2.45. The molecule has 16 heavy (non-hydrogen) atoms. The normalized spacial score (nSPS) is 10.1. The molecule has 0 atom stereocenters. The largest absolute Gasteiger partial charge is 0.298 e. The minimum absolute atomic E-state index is 0.0365. The van der Waals surface area contributed by atoms with Gasteiger partial charge in [-0.1, -0.05) is 24.3 Å². The summed E-state index contributed by atoms with van der Waals surface area (Å²) < 4.78 is 0. The molecule has 2 aromatic rings. The van der Waals surface area contributed by atoms with Crippen molar-refractivity contribution in [3.05, 3.63) is 40.4 Å². The zero-order chi connectivity index (χ0) is 11.5. The number of benzene rings is 1. The fraction of sp³-hybridized carbons (Fsp3) is 0. The van der Waals surface area contributed by atoms with Crippen LogP contribution in [0.3, 0.4) is 0 Å². The highest BCUT2D eigenvalue weighted by molar-refractivity contribution is 6.31. The Hall–Kier alpha value is -1.52. The standard InChI is InChI=1S/C10H5Cl2N3O/c11-9-13-8(14-10(12)15-9)7-3-1-6(5-16)2-4-7/h1-5H. The molecular formula is C10H5Cl2N3O. The quantitative estimate of drug-likeness (QED) is 0.773. The van der Waals surface area contributed by atoms with Gasteiger partial charge >= 0.3 is 0 Å². The number of aldehydes is 1. The zero-order valence-electron chi connectivity index (χ0n) is 7.89. The number of rotatable bonds is 2. The van der Waals surface area contributed by atoms with E-state index in [2.05, 4.69) is 15.0 Å². The van der Waals surface area contributed by atoms with Gasteiger partial charge in [-0.3, -0.25) is 4.79 Å². The van der Waals surface area contributed by atoms with Gasteiger partial charge < -0.3 is 0 Å². The topological polar surface area (TPSA) is 55.7 Å². The lowest BCUT2D eigenvalue weighted by Gasteiger charge is -2.00. The predicted octanol–water partition coefficient (Wildman–Crippen LogP) is 2.66. The van der Waals surface area contributed by atoms with E-state index < -0.39 is 0 Å². The fourth-order valence-electron chi connectivity index (χ4n) is 1.17. The van der Waals surface area contributed by atoms with Crippen molar-refractivity contribution in [1.82, 2.24) is 15.0 Å². The molecule has 0 aliphatic carbocycles. The highest BCUT2D eigenvalue weighted by atomic mass is 35.5. The number of nitrogens with zero attached hydrogens (tertiary/aromatic N) is 3. The lowest BCUT2D eigenvalue weighted by molar-refractivity contribution is 0.112. The summed E-state index contributed by atoms with van der Waals surface area (Å²) >= 11 is 11.3. The second-order valence-corrected chi connectivity index (χ2v) is 3.61. The van der Waals surface area contributed by atoms with Crippen LogP contribution in [0.5, 0.6) is 0 Å². The monoisotopic (exact) mass is 253 g/mol. The second-order valence-electron chi connectivity index (χ2n) is 2.94. The summed E-state index contributed by atoms with van der Waals surface area (Å²) in [4.78, 5) is 22.0. The van der Waals surface area contributed by atoms with Crippen molar-refractivity contribution in [1.29, 1.82) is 0 Å². The Labute approximate surface area is 101 Å². The van der Waals surface area contributed by atoms with Crippen molar-refractivity contribution in [3.63, 3.8) is 0 Å². The van der Waals surface area contributed by atoms with E-state index in [0.717, 1.165) is 11.8 Å². The van der Waals surface area contributed by atoms with Gasteiger partial charge in [0.05, 0.1) is 0 Å². The van der Waals surface area contributed by atoms with E-state index in [1.165, 1.54) is 0 Å². The molecule has 0 N–H and O–H groups in total. The van der Waals surface area contributed by atoms with Crippen molar-refractivity contribution in [3.8, 4) is 11.4 Å². The lowest BCUT2D eigenvalue weighted by atomic mass is 10.1. The van der Waals surface area contributed by atoms with Gasteiger partial charge in [-0.25, -0.2) is 0 Å². The summed E-state index contributed by atoms with van der Waals surface area (Å²) in [5.74, 6) is 0.377. The Morgan fingerprint density at radius 2 is 1.50 bits per heavy atom. The molecule has 0 unspecified atom stereocenters. The third kappa shape index (κ3) is 2.35. The van der Waals surface area contributed by atoms with Crippen LogP contribution in [0.2, 0.25) is 10.6 Å². The zero-order valence-corrected chi connectivity index (χ0v) is 9.40. The van der Waals surface area contributed by atoms with Crippen LogP contribution in [0.4, 0.5) is 0 Å². The molecule has 4 nitrogen and oxygen atoms in total. The summed E-state index contributed by atoms with van der Waals surface area (Å²) in [7, 11) is 0. The van der Waals surface area contributed by atoms with Gasteiger partial charge in [0.1, 0.15) is 6.29 Å². The molecule has 0 saturated heterocycles. The van der Waals surface area contributed by atoms with E-state index >= 15 is 0 Å². The number of hydrogen-bond acceptors (Lipinski definition) is 4. The van der Waals surface area contributed by atoms with Crippen molar-refractivity contribution in [2.75, 3.05) is 0 Å². The predicted molar refractivity (Wildman–Crippen MR) is 60.7 cm³/mol. The van der Waals surface area contributed by atoms with Crippen LogP contribution >= 0.6 is 23.2 Å². The van der Waals surface area contributed by atoms with Gasteiger partial charge in [-0.15, -0.1) is 0 Å². The number of halogens is 2. The van der Waals surface area contributed by atoms with Crippen LogP contribution in [-0.4, -0.2) is 21.2 Å². The van der Waals surface area contributed by atoms with Crippen LogP contribution in [-0.2, 0) is 0 Å². The van der Waals surface area contributed by atoms with Crippen LogP contribution in [0.15, 0.2) is 24.3 Å². The van der Waals surface area contributed by atoms with Crippen LogP contribution in [0, 0.1) is 0 Å². The molecule has 0 aliphatic heterocycles. The second kappa shape index (κ2) is 4.55. The Morgan fingerprint density at radius 3 is 2.00 bits per heavy atom. The molecule has 80 valence electrons. The third-order valence-corrected chi connectivity index (χ3v) is 2.22. The Kier molecular flexibility index (Phi) is 3.12. The number of aromatic nitrogens is 3. The smallest absolute Gasteiger partial charge is 0.227 e. The average molecular weight is 254 g/mol. The first-order chi connectivity index (χ1) is 7.69.